The number of carboxylic acids is 1. The van der Waals surface area contributed by atoms with Crippen molar-refractivity contribution in [2.75, 3.05) is 5.32 Å². The van der Waals surface area contributed by atoms with Crippen molar-refractivity contribution in [3.63, 3.8) is 0 Å². The van der Waals surface area contributed by atoms with Crippen LogP contribution < -0.4 is 5.32 Å². The zero-order valence-corrected chi connectivity index (χ0v) is 21.1. The zero-order valence-electron chi connectivity index (χ0n) is 21.1. The third-order valence-electron chi connectivity index (χ3n) is 6.51. The molecule has 0 aliphatic heterocycles. The first-order chi connectivity index (χ1) is 17.9. The van der Waals surface area contributed by atoms with Crippen LogP contribution in [0.4, 0.5) is 5.69 Å². The van der Waals surface area contributed by atoms with Gasteiger partial charge in [0.15, 0.2) is 5.78 Å². The minimum atomic E-state index is -0.884. The number of carbonyl (C=O) groups excluding carboxylic acids is 1. The lowest BCUT2D eigenvalue weighted by Crippen LogP contribution is -2.18. The molecule has 4 aromatic rings. The van der Waals surface area contributed by atoms with Crippen LogP contribution in [0.1, 0.15) is 61.5 Å². The average Bonchev–Trinajstić information content (AvgIpc) is 3.42. The Kier molecular flexibility index (Phi) is 8.46. The Morgan fingerprint density at radius 2 is 1.62 bits per heavy atom. The van der Waals surface area contributed by atoms with E-state index in [1.165, 1.54) is 0 Å². The minimum absolute atomic E-state index is 0.00165. The van der Waals surface area contributed by atoms with Gasteiger partial charge < -0.3 is 14.9 Å². The van der Waals surface area contributed by atoms with Crippen molar-refractivity contribution in [1.29, 1.82) is 0 Å². The lowest BCUT2D eigenvalue weighted by molar-refractivity contribution is -0.137. The summed E-state index contributed by atoms with van der Waals surface area (Å²) in [7, 11) is 0. The van der Waals surface area contributed by atoms with Gasteiger partial charge in [0.1, 0.15) is 0 Å². The second kappa shape index (κ2) is 12.1. The van der Waals surface area contributed by atoms with E-state index in [1.54, 1.807) is 12.1 Å². The summed E-state index contributed by atoms with van der Waals surface area (Å²) in [6, 6.07) is 25.3. The van der Waals surface area contributed by atoms with E-state index in [0.717, 1.165) is 28.8 Å². The molecule has 1 unspecified atom stereocenters. The summed E-state index contributed by atoms with van der Waals surface area (Å²) in [6.45, 7) is 4.37. The normalized spacial score (nSPS) is 12.6. The lowest BCUT2D eigenvalue weighted by atomic mass is 9.91. The van der Waals surface area contributed by atoms with E-state index >= 15 is 0 Å². The number of hydrogen-bond donors (Lipinski definition) is 2. The van der Waals surface area contributed by atoms with E-state index in [4.69, 9.17) is 9.63 Å². The molecule has 7 nitrogen and oxygen atoms in total. The van der Waals surface area contributed by atoms with Crippen molar-refractivity contribution in [2.45, 2.75) is 45.6 Å². The SMILES string of the molecule is CCC(C)[C@@H](Nc1ccc(C(=O)CCCC(=O)O)cc1)c1ccc(-c2noc(-c3ccccc3)n2)cc1. The molecule has 2 atom stereocenters. The maximum absolute atomic E-state index is 12.3. The molecule has 0 fully saturated rings. The van der Waals surface area contributed by atoms with Gasteiger partial charge in [0, 0.05) is 35.2 Å². The number of aliphatic carboxylic acids is 1. The van der Waals surface area contributed by atoms with Gasteiger partial charge in [0.25, 0.3) is 5.89 Å². The molecule has 0 saturated heterocycles. The van der Waals surface area contributed by atoms with Crippen molar-refractivity contribution >= 4 is 17.4 Å². The summed E-state index contributed by atoms with van der Waals surface area (Å²) in [5.41, 5.74) is 4.41. The van der Waals surface area contributed by atoms with Crippen LogP contribution in [0.5, 0.6) is 0 Å². The molecule has 0 aliphatic rings. The maximum Gasteiger partial charge on any atom is 0.303 e. The van der Waals surface area contributed by atoms with Crippen molar-refractivity contribution < 1.29 is 19.2 Å². The summed E-state index contributed by atoms with van der Waals surface area (Å²) in [6.07, 6.45) is 1.57. The first-order valence-electron chi connectivity index (χ1n) is 12.6. The summed E-state index contributed by atoms with van der Waals surface area (Å²) >= 11 is 0. The number of rotatable bonds is 12. The van der Waals surface area contributed by atoms with Gasteiger partial charge in [-0.15, -0.1) is 0 Å². The van der Waals surface area contributed by atoms with E-state index in [2.05, 4.69) is 41.4 Å². The molecule has 1 aromatic heterocycles. The Bertz CT molecular complexity index is 1320. The monoisotopic (exact) mass is 497 g/mol. The second-order valence-electron chi connectivity index (χ2n) is 9.17. The molecule has 0 bridgehead atoms. The molecular weight excluding hydrogens is 466 g/mol. The Hall–Kier alpha value is -4.26. The lowest BCUT2D eigenvalue weighted by Gasteiger charge is -2.26. The number of nitrogens with one attached hydrogen (secondary N) is 1. The van der Waals surface area contributed by atoms with Gasteiger partial charge in [-0.1, -0.05) is 67.9 Å². The minimum Gasteiger partial charge on any atom is -0.481 e. The molecule has 190 valence electrons. The molecule has 0 spiro atoms. The number of anilines is 1. The highest BCUT2D eigenvalue weighted by atomic mass is 16.5. The molecule has 0 amide bonds. The van der Waals surface area contributed by atoms with Crippen LogP contribution in [0.3, 0.4) is 0 Å². The molecule has 0 aliphatic carbocycles. The number of aromatic nitrogens is 2. The second-order valence-corrected chi connectivity index (χ2v) is 9.17. The Labute approximate surface area is 216 Å². The molecule has 0 radical (unpaired) electrons. The van der Waals surface area contributed by atoms with Crippen LogP contribution >= 0.6 is 0 Å². The first-order valence-corrected chi connectivity index (χ1v) is 12.6. The molecule has 4 rings (SSSR count). The highest BCUT2D eigenvalue weighted by molar-refractivity contribution is 5.96. The third kappa shape index (κ3) is 6.70. The Morgan fingerprint density at radius 3 is 2.27 bits per heavy atom. The fourth-order valence-electron chi connectivity index (χ4n) is 4.14. The van der Waals surface area contributed by atoms with Crippen LogP contribution in [-0.2, 0) is 4.79 Å². The van der Waals surface area contributed by atoms with Gasteiger partial charge in [-0.3, -0.25) is 9.59 Å². The molecule has 37 heavy (non-hydrogen) atoms. The van der Waals surface area contributed by atoms with Crippen LogP contribution in [0.25, 0.3) is 22.8 Å². The van der Waals surface area contributed by atoms with Gasteiger partial charge in [-0.2, -0.15) is 4.98 Å². The Balaban J connectivity index is 1.45. The highest BCUT2D eigenvalue weighted by Crippen LogP contribution is 2.31. The molecular formula is C30H31N3O4. The average molecular weight is 498 g/mol. The van der Waals surface area contributed by atoms with Gasteiger partial charge in [-0.25, -0.2) is 0 Å². The summed E-state index contributed by atoms with van der Waals surface area (Å²) in [5, 5.41) is 16.5. The molecule has 0 saturated carbocycles. The molecule has 2 N–H and O–H groups in total. The van der Waals surface area contributed by atoms with E-state index in [-0.39, 0.29) is 24.7 Å². The summed E-state index contributed by atoms with van der Waals surface area (Å²) in [4.78, 5) is 27.6. The van der Waals surface area contributed by atoms with Gasteiger partial charge >= 0.3 is 5.97 Å². The van der Waals surface area contributed by atoms with Crippen molar-refractivity contribution in [3.8, 4) is 22.8 Å². The maximum atomic E-state index is 12.3. The fourth-order valence-corrected chi connectivity index (χ4v) is 4.14. The summed E-state index contributed by atoms with van der Waals surface area (Å²) in [5.74, 6) is 0.465. The van der Waals surface area contributed by atoms with E-state index < -0.39 is 5.97 Å². The largest absolute Gasteiger partial charge is 0.481 e. The number of benzene rings is 3. The Morgan fingerprint density at radius 1 is 0.919 bits per heavy atom. The van der Waals surface area contributed by atoms with Crippen molar-refractivity contribution in [2.24, 2.45) is 5.92 Å². The number of hydrogen-bond acceptors (Lipinski definition) is 6. The van der Waals surface area contributed by atoms with Gasteiger partial charge in [-0.05, 0) is 54.3 Å². The predicted molar refractivity (Wildman–Crippen MR) is 143 cm³/mol. The standard InChI is InChI=1S/C30H31N3O4/c1-3-20(2)28(31-25-18-16-21(17-19-25)26(34)10-7-11-27(35)36)22-12-14-23(15-13-22)29-32-30(37-33-29)24-8-5-4-6-9-24/h4-6,8-9,12-20,28,31H,3,7,10-11H2,1-2H3,(H,35,36)/t20?,28-/m1/s1. The van der Waals surface area contributed by atoms with E-state index in [0.29, 0.717) is 29.6 Å². The topological polar surface area (TPSA) is 105 Å². The fraction of sp³-hybridized carbons (Fsp3) is 0.267. The van der Waals surface area contributed by atoms with Crippen molar-refractivity contribution in [3.05, 3.63) is 90.0 Å². The number of ketones is 1. The van der Waals surface area contributed by atoms with Crippen molar-refractivity contribution in [1.82, 2.24) is 10.1 Å². The summed E-state index contributed by atoms with van der Waals surface area (Å²) < 4.78 is 5.45. The molecule has 1 heterocycles. The van der Waals surface area contributed by atoms with Gasteiger partial charge in [0.05, 0.1) is 6.04 Å². The van der Waals surface area contributed by atoms with Gasteiger partial charge in [0.2, 0.25) is 5.82 Å². The van der Waals surface area contributed by atoms with Crippen LogP contribution in [0.15, 0.2) is 83.4 Å². The zero-order chi connectivity index (χ0) is 26.2. The third-order valence-corrected chi connectivity index (χ3v) is 6.51. The van der Waals surface area contributed by atoms with Crippen LogP contribution in [0.2, 0.25) is 0 Å². The quantitative estimate of drug-likeness (QED) is 0.202. The van der Waals surface area contributed by atoms with Crippen LogP contribution in [0, 0.1) is 5.92 Å². The molecule has 7 heteroatoms. The predicted octanol–water partition coefficient (Wildman–Crippen LogP) is 7.04. The highest BCUT2D eigenvalue weighted by Gasteiger charge is 2.19. The van der Waals surface area contributed by atoms with E-state index in [1.807, 2.05) is 54.6 Å². The number of Topliss-reactive ketones (excluding diaryl/α,β-unsaturated/α-hetero) is 1. The number of carboxylic acid groups (broad SMARTS) is 1. The number of carbonyl (C=O) groups is 2. The molecule has 3 aromatic carbocycles. The first kappa shape index (κ1) is 25.8. The number of nitrogens with zero attached hydrogens (tertiary/aromatic N) is 2. The smallest absolute Gasteiger partial charge is 0.303 e. The van der Waals surface area contributed by atoms with Crippen LogP contribution in [-0.4, -0.2) is 27.0 Å². The van der Waals surface area contributed by atoms with E-state index in [9.17, 15) is 9.59 Å².